The van der Waals surface area contributed by atoms with E-state index < -0.39 is 0 Å². The van der Waals surface area contributed by atoms with Gasteiger partial charge in [0.05, 0.1) is 0 Å². The molecule has 2 N–H and O–H groups in total. The Morgan fingerprint density at radius 1 is 1.33 bits per heavy atom. The van der Waals surface area contributed by atoms with Crippen LogP contribution in [0.3, 0.4) is 0 Å². The standard InChI is InChI=1S/C18H26FN3O.HI/c1-20-18(21-9-4-10-23-12-13-7-8-13)22-17-11-15(17)14-5-2-3-6-16(14)19;/h2-3,5-6,13,15,17H,4,7-12H2,1H3,(H2,20,21,22);1H. The van der Waals surface area contributed by atoms with E-state index in [2.05, 4.69) is 15.6 Å². The summed E-state index contributed by atoms with van der Waals surface area (Å²) in [5, 5.41) is 6.66. The molecule has 134 valence electrons. The van der Waals surface area contributed by atoms with Crippen LogP contribution in [0.2, 0.25) is 0 Å². The summed E-state index contributed by atoms with van der Waals surface area (Å²) in [6.45, 7) is 2.54. The molecule has 2 aliphatic rings. The minimum atomic E-state index is -0.113. The van der Waals surface area contributed by atoms with Gasteiger partial charge in [-0.3, -0.25) is 4.99 Å². The molecule has 0 bridgehead atoms. The van der Waals surface area contributed by atoms with Crippen molar-refractivity contribution >= 4 is 29.9 Å². The first kappa shape index (κ1) is 19.4. The third-order valence-electron chi connectivity index (χ3n) is 4.45. The highest BCUT2D eigenvalue weighted by Crippen LogP contribution is 2.41. The van der Waals surface area contributed by atoms with Crippen LogP contribution in [-0.4, -0.2) is 38.8 Å². The summed E-state index contributed by atoms with van der Waals surface area (Å²) in [7, 11) is 1.76. The highest BCUT2D eigenvalue weighted by Gasteiger charge is 2.40. The number of benzene rings is 1. The fourth-order valence-corrected chi connectivity index (χ4v) is 2.76. The molecule has 4 nitrogen and oxygen atoms in total. The zero-order valence-corrected chi connectivity index (χ0v) is 16.5. The highest BCUT2D eigenvalue weighted by atomic mass is 127. The first-order valence-electron chi connectivity index (χ1n) is 8.57. The van der Waals surface area contributed by atoms with Crippen LogP contribution in [0.1, 0.15) is 37.2 Å². The summed E-state index contributed by atoms with van der Waals surface area (Å²) >= 11 is 0. The van der Waals surface area contributed by atoms with Crippen molar-refractivity contribution in [3.05, 3.63) is 35.6 Å². The van der Waals surface area contributed by atoms with Gasteiger partial charge in [-0.05, 0) is 43.2 Å². The number of aliphatic imine (C=N–C) groups is 1. The second-order valence-electron chi connectivity index (χ2n) is 6.49. The maximum atomic E-state index is 13.8. The molecular formula is C18H27FIN3O. The van der Waals surface area contributed by atoms with Crippen LogP contribution in [0.15, 0.2) is 29.3 Å². The Balaban J connectivity index is 0.00000208. The zero-order chi connectivity index (χ0) is 16.1. The number of nitrogens with one attached hydrogen (secondary N) is 2. The van der Waals surface area contributed by atoms with E-state index in [4.69, 9.17) is 4.74 Å². The lowest BCUT2D eigenvalue weighted by Crippen LogP contribution is -2.39. The average molecular weight is 447 g/mol. The molecule has 2 saturated carbocycles. The number of hydrogen-bond donors (Lipinski definition) is 2. The zero-order valence-electron chi connectivity index (χ0n) is 14.1. The fraction of sp³-hybridized carbons (Fsp3) is 0.611. The monoisotopic (exact) mass is 447 g/mol. The molecule has 2 unspecified atom stereocenters. The number of rotatable bonds is 8. The van der Waals surface area contributed by atoms with Crippen LogP contribution in [-0.2, 0) is 4.74 Å². The Labute approximate surface area is 160 Å². The van der Waals surface area contributed by atoms with Crippen molar-refractivity contribution in [3.63, 3.8) is 0 Å². The summed E-state index contributed by atoms with van der Waals surface area (Å²) in [6, 6.07) is 7.29. The predicted octanol–water partition coefficient (Wildman–Crippen LogP) is 3.28. The quantitative estimate of drug-likeness (QED) is 0.278. The minimum Gasteiger partial charge on any atom is -0.381 e. The number of nitrogens with zero attached hydrogens (tertiary/aromatic N) is 1. The molecule has 0 spiro atoms. The molecule has 0 saturated heterocycles. The highest BCUT2D eigenvalue weighted by molar-refractivity contribution is 14.0. The fourth-order valence-electron chi connectivity index (χ4n) is 2.76. The molecule has 2 fully saturated rings. The average Bonchev–Trinajstić information content (AvgIpc) is 3.46. The van der Waals surface area contributed by atoms with Crippen molar-refractivity contribution in [2.75, 3.05) is 26.8 Å². The van der Waals surface area contributed by atoms with Crippen molar-refractivity contribution in [3.8, 4) is 0 Å². The molecule has 2 aliphatic carbocycles. The molecule has 1 aromatic carbocycles. The lowest BCUT2D eigenvalue weighted by molar-refractivity contribution is 0.123. The van der Waals surface area contributed by atoms with E-state index in [1.54, 1.807) is 13.1 Å². The molecule has 0 aromatic heterocycles. The summed E-state index contributed by atoms with van der Waals surface area (Å²) < 4.78 is 19.4. The van der Waals surface area contributed by atoms with E-state index >= 15 is 0 Å². The molecule has 24 heavy (non-hydrogen) atoms. The van der Waals surface area contributed by atoms with Gasteiger partial charge in [0.2, 0.25) is 0 Å². The van der Waals surface area contributed by atoms with Crippen LogP contribution in [0, 0.1) is 11.7 Å². The number of ether oxygens (including phenoxy) is 1. The van der Waals surface area contributed by atoms with Gasteiger partial charge in [-0.15, -0.1) is 24.0 Å². The van der Waals surface area contributed by atoms with Gasteiger partial charge in [0, 0.05) is 38.8 Å². The summed E-state index contributed by atoms with van der Waals surface area (Å²) in [4.78, 5) is 4.23. The van der Waals surface area contributed by atoms with E-state index in [1.165, 1.54) is 18.9 Å². The van der Waals surface area contributed by atoms with Crippen molar-refractivity contribution < 1.29 is 9.13 Å². The Morgan fingerprint density at radius 3 is 2.83 bits per heavy atom. The van der Waals surface area contributed by atoms with E-state index in [0.717, 1.165) is 50.0 Å². The molecule has 3 rings (SSSR count). The van der Waals surface area contributed by atoms with Gasteiger partial charge in [-0.2, -0.15) is 0 Å². The van der Waals surface area contributed by atoms with Crippen molar-refractivity contribution in [2.45, 2.75) is 37.6 Å². The number of halogens is 2. The predicted molar refractivity (Wildman–Crippen MR) is 106 cm³/mol. The molecule has 1 aromatic rings. The van der Waals surface area contributed by atoms with E-state index in [9.17, 15) is 4.39 Å². The molecule has 0 heterocycles. The van der Waals surface area contributed by atoms with E-state index in [0.29, 0.717) is 0 Å². The smallest absolute Gasteiger partial charge is 0.191 e. The van der Waals surface area contributed by atoms with Gasteiger partial charge in [0.1, 0.15) is 5.82 Å². The Morgan fingerprint density at radius 2 is 2.12 bits per heavy atom. The van der Waals surface area contributed by atoms with Gasteiger partial charge in [0.15, 0.2) is 5.96 Å². The molecule has 2 atom stereocenters. The Bertz CT molecular complexity index is 551. The lowest BCUT2D eigenvalue weighted by atomic mass is 10.1. The molecule has 0 aliphatic heterocycles. The van der Waals surface area contributed by atoms with Gasteiger partial charge < -0.3 is 15.4 Å². The summed E-state index contributed by atoms with van der Waals surface area (Å²) in [5.41, 5.74) is 0.800. The van der Waals surface area contributed by atoms with E-state index in [1.807, 2.05) is 12.1 Å². The van der Waals surface area contributed by atoms with Crippen molar-refractivity contribution in [2.24, 2.45) is 10.9 Å². The van der Waals surface area contributed by atoms with Gasteiger partial charge in [-0.25, -0.2) is 4.39 Å². The van der Waals surface area contributed by atoms with Crippen molar-refractivity contribution in [1.29, 1.82) is 0 Å². The first-order chi connectivity index (χ1) is 11.3. The van der Waals surface area contributed by atoms with Gasteiger partial charge in [0.25, 0.3) is 0 Å². The Hall–Kier alpha value is -0.890. The molecule has 0 radical (unpaired) electrons. The minimum absolute atomic E-state index is 0. The van der Waals surface area contributed by atoms with Crippen LogP contribution < -0.4 is 10.6 Å². The lowest BCUT2D eigenvalue weighted by Gasteiger charge is -2.12. The molecule has 6 heteroatoms. The first-order valence-corrected chi connectivity index (χ1v) is 8.57. The summed E-state index contributed by atoms with van der Waals surface area (Å²) in [6.07, 6.45) is 4.58. The maximum absolute atomic E-state index is 13.8. The van der Waals surface area contributed by atoms with Gasteiger partial charge >= 0.3 is 0 Å². The third-order valence-corrected chi connectivity index (χ3v) is 4.45. The topological polar surface area (TPSA) is 45.7 Å². The maximum Gasteiger partial charge on any atom is 0.191 e. The largest absolute Gasteiger partial charge is 0.381 e. The van der Waals surface area contributed by atoms with Crippen LogP contribution in [0.25, 0.3) is 0 Å². The van der Waals surface area contributed by atoms with Crippen molar-refractivity contribution in [1.82, 2.24) is 10.6 Å². The van der Waals surface area contributed by atoms with Crippen LogP contribution in [0.4, 0.5) is 4.39 Å². The third kappa shape index (κ3) is 5.88. The van der Waals surface area contributed by atoms with Crippen LogP contribution in [0.5, 0.6) is 0 Å². The number of guanidine groups is 1. The SMILES string of the molecule is CN=C(NCCCOCC1CC1)NC1CC1c1ccccc1F.I. The second kappa shape index (κ2) is 9.56. The van der Waals surface area contributed by atoms with E-state index in [-0.39, 0.29) is 41.8 Å². The Kier molecular flexibility index (Phi) is 7.74. The molecular weight excluding hydrogens is 420 g/mol. The normalized spacial score (nSPS) is 22.7. The number of hydrogen-bond acceptors (Lipinski definition) is 2. The van der Waals surface area contributed by atoms with Gasteiger partial charge in [-0.1, -0.05) is 18.2 Å². The summed E-state index contributed by atoms with van der Waals surface area (Å²) in [5.74, 6) is 1.74. The second-order valence-corrected chi connectivity index (χ2v) is 6.49. The van der Waals surface area contributed by atoms with Crippen LogP contribution >= 0.6 is 24.0 Å². The molecule has 0 amide bonds.